The number of rotatable bonds is 4. The molecule has 0 bridgehead atoms. The summed E-state index contributed by atoms with van der Waals surface area (Å²) in [4.78, 5) is 14.3. The number of hydrogen-bond acceptors (Lipinski definition) is 4. The number of amides is 1. The number of aliphatic hydroxyl groups is 1. The highest BCUT2D eigenvalue weighted by Gasteiger charge is 2.37. The van der Waals surface area contributed by atoms with Gasteiger partial charge in [0.1, 0.15) is 5.60 Å². The lowest BCUT2D eigenvalue weighted by Gasteiger charge is -2.37. The Kier molecular flexibility index (Phi) is 5.46. The minimum Gasteiger partial charge on any atom is -0.382 e. The first-order valence-corrected chi connectivity index (χ1v) is 9.88. The van der Waals surface area contributed by atoms with E-state index >= 15 is 0 Å². The molecule has 4 rings (SSSR count). The van der Waals surface area contributed by atoms with Crippen molar-refractivity contribution in [1.82, 2.24) is 4.90 Å². The summed E-state index contributed by atoms with van der Waals surface area (Å²) in [5.41, 5.74) is 0.391. The second kappa shape index (κ2) is 7.92. The summed E-state index contributed by atoms with van der Waals surface area (Å²) in [6.07, 6.45) is -2.93. The number of carbonyl (C=O) groups is 1. The fourth-order valence-electron chi connectivity index (χ4n) is 3.79. The largest absolute Gasteiger partial charge is 0.416 e. The molecule has 0 radical (unpaired) electrons. The van der Waals surface area contributed by atoms with Crippen LogP contribution in [0.25, 0.3) is 0 Å². The first-order valence-electron chi connectivity index (χ1n) is 9.88. The highest BCUT2D eigenvalue weighted by molar-refractivity contribution is 5.94. The van der Waals surface area contributed by atoms with Crippen LogP contribution in [0.2, 0.25) is 0 Å². The Balaban J connectivity index is 1.30. The number of halogens is 3. The van der Waals surface area contributed by atoms with Gasteiger partial charge in [0, 0.05) is 30.4 Å². The van der Waals surface area contributed by atoms with E-state index in [2.05, 4.69) is 5.32 Å². The normalized spacial score (nSPS) is 19.3. The number of alkyl halides is 3. The van der Waals surface area contributed by atoms with E-state index in [0.717, 1.165) is 36.2 Å². The summed E-state index contributed by atoms with van der Waals surface area (Å²) in [5, 5.41) is 13.7. The lowest BCUT2D eigenvalue weighted by molar-refractivity contribution is -0.184. The predicted octanol–water partition coefficient (Wildman–Crippen LogP) is 3.64. The second-order valence-electron chi connectivity index (χ2n) is 7.89. The van der Waals surface area contributed by atoms with E-state index in [1.807, 2.05) is 24.3 Å². The van der Waals surface area contributed by atoms with E-state index in [1.165, 1.54) is 12.1 Å². The lowest BCUT2D eigenvalue weighted by atomic mass is 9.92. The van der Waals surface area contributed by atoms with Crippen LogP contribution in [0.5, 0.6) is 0 Å². The molecule has 2 aromatic carbocycles. The number of piperidine rings is 1. The molecule has 2 heterocycles. The van der Waals surface area contributed by atoms with E-state index in [9.17, 15) is 23.1 Å². The summed E-state index contributed by atoms with van der Waals surface area (Å²) >= 11 is 0. The monoisotopic (exact) mass is 420 g/mol. The molecule has 5 nitrogen and oxygen atoms in total. The second-order valence-corrected chi connectivity index (χ2v) is 7.89. The molecule has 0 aromatic heterocycles. The van der Waals surface area contributed by atoms with Crippen molar-refractivity contribution in [3.63, 3.8) is 0 Å². The third-order valence-electron chi connectivity index (χ3n) is 5.72. The average molecular weight is 420 g/mol. The Hall–Kier alpha value is -2.58. The third-order valence-corrected chi connectivity index (χ3v) is 5.72. The number of carbonyl (C=O) groups excluding carboxylic acids is 1. The molecule has 0 saturated carbocycles. The van der Waals surface area contributed by atoms with Gasteiger partial charge in [0.2, 0.25) is 0 Å². The lowest BCUT2D eigenvalue weighted by Crippen LogP contribution is -2.46. The van der Waals surface area contributed by atoms with Gasteiger partial charge in [-0.05, 0) is 54.8 Å². The van der Waals surface area contributed by atoms with Gasteiger partial charge in [0.15, 0.2) is 0 Å². The maximum absolute atomic E-state index is 12.7. The minimum absolute atomic E-state index is 0.197. The van der Waals surface area contributed by atoms with Crippen LogP contribution in [0.4, 0.5) is 18.9 Å². The number of hydrogen-bond donors (Lipinski definition) is 2. The first kappa shape index (κ1) is 20.7. The molecule has 2 aromatic rings. The van der Waals surface area contributed by atoms with Crippen molar-refractivity contribution >= 4 is 11.6 Å². The zero-order valence-electron chi connectivity index (χ0n) is 16.3. The van der Waals surface area contributed by atoms with Gasteiger partial charge in [0.05, 0.1) is 18.8 Å². The van der Waals surface area contributed by atoms with Crippen LogP contribution in [-0.2, 0) is 16.5 Å². The van der Waals surface area contributed by atoms with Gasteiger partial charge in [-0.1, -0.05) is 12.1 Å². The molecule has 0 spiro atoms. The maximum atomic E-state index is 12.7. The van der Waals surface area contributed by atoms with Gasteiger partial charge < -0.3 is 20.1 Å². The summed E-state index contributed by atoms with van der Waals surface area (Å²) in [6.45, 7) is 1.69. The molecule has 2 N–H and O–H groups in total. The minimum atomic E-state index is -4.41. The van der Waals surface area contributed by atoms with Gasteiger partial charge in [-0.3, -0.25) is 4.79 Å². The predicted molar refractivity (Wildman–Crippen MR) is 105 cm³/mol. The van der Waals surface area contributed by atoms with E-state index in [4.69, 9.17) is 4.74 Å². The standard InChI is InChI=1S/C22H23F3N2O3/c23-22(24,25)17-3-1-15(2-4-17)20(28)27-11-9-19(10-12-27)26-18-7-5-16(6-8-18)21(29)13-30-14-21/h1-8,19,26,29H,9-14H2. The Morgan fingerprint density at radius 3 is 2.13 bits per heavy atom. The topological polar surface area (TPSA) is 61.8 Å². The Morgan fingerprint density at radius 1 is 1.03 bits per heavy atom. The van der Waals surface area contributed by atoms with Crippen LogP contribution in [0.3, 0.4) is 0 Å². The van der Waals surface area contributed by atoms with Gasteiger partial charge in [-0.15, -0.1) is 0 Å². The van der Waals surface area contributed by atoms with Gasteiger partial charge in [-0.25, -0.2) is 0 Å². The highest BCUT2D eigenvalue weighted by Crippen LogP contribution is 2.31. The maximum Gasteiger partial charge on any atom is 0.416 e. The number of benzene rings is 2. The molecule has 0 aliphatic carbocycles. The van der Waals surface area contributed by atoms with Crippen molar-refractivity contribution < 1.29 is 27.8 Å². The Bertz CT molecular complexity index is 885. The molecular weight excluding hydrogens is 397 g/mol. The highest BCUT2D eigenvalue weighted by atomic mass is 19.4. The fourth-order valence-corrected chi connectivity index (χ4v) is 3.79. The summed E-state index contributed by atoms with van der Waals surface area (Å²) in [7, 11) is 0. The molecule has 2 aliphatic rings. The van der Waals surface area contributed by atoms with Gasteiger partial charge >= 0.3 is 6.18 Å². The van der Waals surface area contributed by atoms with Crippen molar-refractivity contribution in [2.45, 2.75) is 30.7 Å². The van der Waals surface area contributed by atoms with E-state index in [1.54, 1.807) is 4.90 Å². The van der Waals surface area contributed by atoms with E-state index in [-0.39, 0.29) is 17.5 Å². The van der Waals surface area contributed by atoms with E-state index in [0.29, 0.717) is 26.3 Å². The molecule has 2 aliphatic heterocycles. The number of ether oxygens (including phenoxy) is 1. The molecule has 8 heteroatoms. The smallest absolute Gasteiger partial charge is 0.382 e. The first-order chi connectivity index (χ1) is 14.2. The van der Waals surface area contributed by atoms with Crippen LogP contribution in [0, 0.1) is 0 Å². The average Bonchev–Trinajstić information content (AvgIpc) is 2.72. The number of likely N-dealkylation sites (tertiary alicyclic amines) is 1. The van der Waals surface area contributed by atoms with E-state index < -0.39 is 17.3 Å². The van der Waals surface area contributed by atoms with Crippen molar-refractivity contribution in [3.8, 4) is 0 Å². The summed E-state index contributed by atoms with van der Waals surface area (Å²) in [5.74, 6) is -0.248. The van der Waals surface area contributed by atoms with Crippen LogP contribution in [-0.4, -0.2) is 48.3 Å². The zero-order valence-corrected chi connectivity index (χ0v) is 16.3. The molecular formula is C22H23F3N2O3. The number of anilines is 1. The Morgan fingerprint density at radius 2 is 1.63 bits per heavy atom. The molecule has 0 atom stereocenters. The summed E-state index contributed by atoms with van der Waals surface area (Å²) in [6, 6.07) is 12.2. The zero-order chi connectivity index (χ0) is 21.4. The van der Waals surface area contributed by atoms with Crippen LogP contribution >= 0.6 is 0 Å². The molecule has 160 valence electrons. The molecule has 2 saturated heterocycles. The van der Waals surface area contributed by atoms with Crippen molar-refractivity contribution in [3.05, 3.63) is 65.2 Å². The number of nitrogens with zero attached hydrogens (tertiary/aromatic N) is 1. The van der Waals surface area contributed by atoms with Crippen LogP contribution in [0.1, 0.15) is 34.3 Å². The van der Waals surface area contributed by atoms with Crippen LogP contribution in [0.15, 0.2) is 48.5 Å². The Labute approximate surface area is 172 Å². The van der Waals surface area contributed by atoms with Crippen molar-refractivity contribution in [2.24, 2.45) is 0 Å². The van der Waals surface area contributed by atoms with Crippen molar-refractivity contribution in [1.29, 1.82) is 0 Å². The third kappa shape index (κ3) is 4.29. The molecule has 0 unspecified atom stereocenters. The quantitative estimate of drug-likeness (QED) is 0.793. The van der Waals surface area contributed by atoms with Gasteiger partial charge in [-0.2, -0.15) is 13.2 Å². The van der Waals surface area contributed by atoms with Crippen molar-refractivity contribution in [2.75, 3.05) is 31.6 Å². The summed E-state index contributed by atoms with van der Waals surface area (Å²) < 4.78 is 43.1. The van der Waals surface area contributed by atoms with Gasteiger partial charge in [0.25, 0.3) is 5.91 Å². The van der Waals surface area contributed by atoms with Crippen LogP contribution < -0.4 is 5.32 Å². The molecule has 2 fully saturated rings. The fraction of sp³-hybridized carbons (Fsp3) is 0.409. The number of nitrogens with one attached hydrogen (secondary N) is 1. The SMILES string of the molecule is O=C(c1ccc(C(F)(F)F)cc1)N1CCC(Nc2ccc(C3(O)COC3)cc2)CC1. The molecule has 30 heavy (non-hydrogen) atoms. The molecule has 1 amide bonds.